The van der Waals surface area contributed by atoms with Crippen molar-refractivity contribution in [1.29, 1.82) is 0 Å². The summed E-state index contributed by atoms with van der Waals surface area (Å²) in [6, 6.07) is 9.02. The minimum atomic E-state index is -3.77. The van der Waals surface area contributed by atoms with E-state index in [-0.39, 0.29) is 26.2 Å². The molecule has 0 atom stereocenters. The molecule has 2 aromatic rings. The van der Waals surface area contributed by atoms with E-state index in [0.717, 1.165) is 19.3 Å². The Morgan fingerprint density at radius 3 is 2.21 bits per heavy atom. The largest absolute Gasteiger partial charge is 0.295 e. The molecule has 150 valence electrons. The van der Waals surface area contributed by atoms with Gasteiger partial charge in [0, 0.05) is 18.1 Å². The van der Waals surface area contributed by atoms with Gasteiger partial charge in [-0.3, -0.25) is 15.6 Å². The van der Waals surface area contributed by atoms with Gasteiger partial charge in [0.15, 0.2) is 0 Å². The second kappa shape index (κ2) is 8.88. The number of anilines is 1. The van der Waals surface area contributed by atoms with Gasteiger partial charge in [0.1, 0.15) is 0 Å². The molecule has 0 spiro atoms. The third-order valence-corrected chi connectivity index (χ3v) is 7.14. The van der Waals surface area contributed by atoms with Gasteiger partial charge in [0.05, 0.1) is 26.2 Å². The molecule has 2 N–H and O–H groups in total. The van der Waals surface area contributed by atoms with Gasteiger partial charge in [-0.05, 0) is 37.1 Å². The van der Waals surface area contributed by atoms with Crippen LogP contribution in [0.4, 0.5) is 5.69 Å². The highest BCUT2D eigenvalue weighted by Gasteiger charge is 2.29. The molecule has 0 saturated carbocycles. The fourth-order valence-electron chi connectivity index (χ4n) is 2.97. The number of amides is 1. The summed E-state index contributed by atoms with van der Waals surface area (Å²) in [6.07, 6.45) is 2.62. The summed E-state index contributed by atoms with van der Waals surface area (Å²) >= 11 is 18.0. The molecule has 6 nitrogen and oxygen atoms in total. The van der Waals surface area contributed by atoms with Gasteiger partial charge in [0.25, 0.3) is 5.91 Å². The maximum Gasteiger partial charge on any atom is 0.270 e. The number of nitrogens with one attached hydrogen (secondary N) is 2. The molecule has 1 aliphatic heterocycles. The maximum atomic E-state index is 13.0. The first-order chi connectivity index (χ1) is 13.3. The van der Waals surface area contributed by atoms with Crippen molar-refractivity contribution in [3.8, 4) is 0 Å². The Bertz CT molecular complexity index is 970. The predicted molar refractivity (Wildman–Crippen MR) is 112 cm³/mol. The first-order valence-corrected chi connectivity index (χ1v) is 11.2. The fourth-order valence-corrected chi connectivity index (χ4v) is 5.59. The lowest BCUT2D eigenvalue weighted by atomic mass is 10.2. The molecule has 28 heavy (non-hydrogen) atoms. The summed E-state index contributed by atoms with van der Waals surface area (Å²) < 4.78 is 27.4. The highest BCUT2D eigenvalue weighted by Crippen LogP contribution is 2.33. The van der Waals surface area contributed by atoms with Crippen molar-refractivity contribution in [1.82, 2.24) is 9.73 Å². The number of piperidine rings is 1. The lowest BCUT2D eigenvalue weighted by molar-refractivity contribution is 0.0959. The van der Waals surface area contributed by atoms with Crippen LogP contribution in [-0.2, 0) is 10.0 Å². The fraction of sp³-hybridized carbons (Fsp3) is 0.278. The van der Waals surface area contributed by atoms with Crippen molar-refractivity contribution in [3.05, 3.63) is 57.0 Å². The SMILES string of the molecule is O=C(NNc1c(Cl)cc(Cl)cc1Cl)c1ccccc1S(=O)(=O)N1CCCCC1. The summed E-state index contributed by atoms with van der Waals surface area (Å²) in [5.74, 6) is -0.627. The second-order valence-corrected chi connectivity index (χ2v) is 9.44. The van der Waals surface area contributed by atoms with Gasteiger partial charge >= 0.3 is 0 Å². The van der Waals surface area contributed by atoms with Gasteiger partial charge in [0.2, 0.25) is 10.0 Å². The van der Waals surface area contributed by atoms with Crippen molar-refractivity contribution in [2.75, 3.05) is 18.5 Å². The lowest BCUT2D eigenvalue weighted by Crippen LogP contribution is -2.37. The van der Waals surface area contributed by atoms with Crippen molar-refractivity contribution in [2.45, 2.75) is 24.2 Å². The van der Waals surface area contributed by atoms with E-state index < -0.39 is 15.9 Å². The first kappa shape index (κ1) is 21.2. The van der Waals surface area contributed by atoms with Crippen LogP contribution in [0, 0.1) is 0 Å². The van der Waals surface area contributed by atoms with Gasteiger partial charge in [-0.25, -0.2) is 8.42 Å². The number of hydrogen-bond acceptors (Lipinski definition) is 4. The molecule has 0 bridgehead atoms. The Morgan fingerprint density at radius 2 is 1.57 bits per heavy atom. The van der Waals surface area contributed by atoms with E-state index in [2.05, 4.69) is 10.9 Å². The summed E-state index contributed by atoms with van der Waals surface area (Å²) in [7, 11) is -3.77. The van der Waals surface area contributed by atoms with Gasteiger partial charge in [-0.2, -0.15) is 4.31 Å². The van der Waals surface area contributed by atoms with E-state index >= 15 is 0 Å². The standard InChI is InChI=1S/C18H18Cl3N3O3S/c19-12-10-14(20)17(15(21)11-12)22-23-18(25)13-6-2-3-7-16(13)28(26,27)24-8-4-1-5-9-24/h2-3,6-7,10-11,22H,1,4-5,8-9H2,(H,23,25). The Labute approximate surface area is 178 Å². The van der Waals surface area contributed by atoms with Crippen LogP contribution < -0.4 is 10.9 Å². The molecule has 1 fully saturated rings. The Hall–Kier alpha value is -1.51. The highest BCUT2D eigenvalue weighted by atomic mass is 35.5. The Balaban J connectivity index is 1.84. The predicted octanol–water partition coefficient (Wildman–Crippen LogP) is 4.58. The van der Waals surface area contributed by atoms with Crippen molar-refractivity contribution in [3.63, 3.8) is 0 Å². The van der Waals surface area contributed by atoms with Crippen LogP contribution in [-0.4, -0.2) is 31.7 Å². The van der Waals surface area contributed by atoms with Crippen LogP contribution in [0.3, 0.4) is 0 Å². The summed E-state index contributed by atoms with van der Waals surface area (Å²) in [4.78, 5) is 12.7. The molecule has 1 amide bonds. The van der Waals surface area contributed by atoms with Crippen LogP contribution in [0.25, 0.3) is 0 Å². The number of sulfonamides is 1. The Morgan fingerprint density at radius 1 is 0.964 bits per heavy atom. The molecule has 1 saturated heterocycles. The molecular formula is C18H18Cl3N3O3S. The summed E-state index contributed by atoms with van der Waals surface area (Å²) in [5, 5.41) is 0.781. The first-order valence-electron chi connectivity index (χ1n) is 8.61. The van der Waals surface area contributed by atoms with Gasteiger partial charge in [-0.1, -0.05) is 53.4 Å². The summed E-state index contributed by atoms with van der Waals surface area (Å²) in [6.45, 7) is 0.902. The van der Waals surface area contributed by atoms with E-state index in [9.17, 15) is 13.2 Å². The number of carbonyl (C=O) groups is 1. The molecule has 10 heteroatoms. The number of rotatable bonds is 5. The molecular weight excluding hydrogens is 445 g/mol. The minimum Gasteiger partial charge on any atom is -0.295 e. The monoisotopic (exact) mass is 461 g/mol. The highest BCUT2D eigenvalue weighted by molar-refractivity contribution is 7.89. The summed E-state index contributed by atoms with van der Waals surface area (Å²) in [5.41, 5.74) is 5.37. The zero-order valence-corrected chi connectivity index (χ0v) is 17.8. The lowest BCUT2D eigenvalue weighted by Gasteiger charge is -2.26. The van der Waals surface area contributed by atoms with Crippen molar-refractivity contribution < 1.29 is 13.2 Å². The normalized spacial score (nSPS) is 15.2. The van der Waals surface area contributed by atoms with Crippen LogP contribution in [0.5, 0.6) is 0 Å². The second-order valence-electron chi connectivity index (χ2n) is 6.28. The van der Waals surface area contributed by atoms with Crippen molar-refractivity contribution in [2.24, 2.45) is 0 Å². The molecule has 0 aromatic heterocycles. The van der Waals surface area contributed by atoms with Crippen LogP contribution in [0.15, 0.2) is 41.3 Å². The molecule has 1 aliphatic rings. The van der Waals surface area contributed by atoms with E-state index in [4.69, 9.17) is 34.8 Å². The zero-order valence-electron chi connectivity index (χ0n) is 14.7. The number of hydrogen-bond donors (Lipinski definition) is 2. The third-order valence-electron chi connectivity index (χ3n) is 4.37. The van der Waals surface area contributed by atoms with E-state index in [1.165, 1.54) is 28.6 Å². The molecule has 0 radical (unpaired) electrons. The van der Waals surface area contributed by atoms with E-state index in [1.807, 2.05) is 0 Å². The van der Waals surface area contributed by atoms with E-state index in [1.54, 1.807) is 12.1 Å². The van der Waals surface area contributed by atoms with E-state index in [0.29, 0.717) is 18.1 Å². The van der Waals surface area contributed by atoms with Gasteiger partial charge in [-0.15, -0.1) is 0 Å². The third kappa shape index (κ3) is 4.55. The Kier molecular flexibility index (Phi) is 6.73. The number of halogens is 3. The van der Waals surface area contributed by atoms with Gasteiger partial charge < -0.3 is 0 Å². The van der Waals surface area contributed by atoms with Crippen molar-refractivity contribution >= 4 is 56.4 Å². The molecule has 0 unspecified atom stereocenters. The number of benzene rings is 2. The molecule has 3 rings (SSSR count). The minimum absolute atomic E-state index is 0.0294. The average Bonchev–Trinajstić information content (AvgIpc) is 2.67. The molecule has 0 aliphatic carbocycles. The molecule has 1 heterocycles. The number of hydrazine groups is 1. The number of nitrogens with zero attached hydrogens (tertiary/aromatic N) is 1. The zero-order chi connectivity index (χ0) is 20.3. The average molecular weight is 463 g/mol. The van der Waals surface area contributed by atoms with Crippen LogP contribution >= 0.6 is 34.8 Å². The topological polar surface area (TPSA) is 78.5 Å². The quantitative estimate of drug-likeness (QED) is 0.638. The van der Waals surface area contributed by atoms with Crippen LogP contribution in [0.2, 0.25) is 15.1 Å². The number of carbonyl (C=O) groups excluding carboxylic acids is 1. The van der Waals surface area contributed by atoms with Crippen LogP contribution in [0.1, 0.15) is 29.6 Å². The molecule has 2 aromatic carbocycles. The maximum absolute atomic E-state index is 13.0. The smallest absolute Gasteiger partial charge is 0.270 e.